The molecule has 0 unspecified atom stereocenters. The summed E-state index contributed by atoms with van der Waals surface area (Å²) < 4.78 is 0. The summed E-state index contributed by atoms with van der Waals surface area (Å²) in [4.78, 5) is 9.72. The van der Waals surface area contributed by atoms with Gasteiger partial charge in [0.2, 0.25) is 0 Å². The Morgan fingerprint density at radius 1 is 0.731 bits per heavy atom. The number of nitrogen functional groups attached to an aromatic ring is 1. The number of rotatable bonds is 1. The topological polar surface area (TPSA) is 51.8 Å². The molecule has 3 heteroatoms. The van der Waals surface area contributed by atoms with Gasteiger partial charge in [-0.1, -0.05) is 60.7 Å². The van der Waals surface area contributed by atoms with E-state index in [1.165, 1.54) is 10.9 Å². The van der Waals surface area contributed by atoms with Gasteiger partial charge in [-0.25, -0.2) is 9.97 Å². The summed E-state index contributed by atoms with van der Waals surface area (Å²) in [5, 5.41) is 4.19. The van der Waals surface area contributed by atoms with Crippen molar-refractivity contribution in [1.29, 1.82) is 0 Å². The molecule has 0 atom stereocenters. The molecule has 0 amide bonds. The minimum atomic E-state index is 0.687. The lowest BCUT2D eigenvalue weighted by atomic mass is 10.00. The summed E-state index contributed by atoms with van der Waals surface area (Å²) in [5.41, 5.74) is 12.0. The van der Waals surface area contributed by atoms with E-state index in [1.807, 2.05) is 30.3 Å². The van der Waals surface area contributed by atoms with Gasteiger partial charge in [-0.3, -0.25) is 0 Å². The van der Waals surface area contributed by atoms with E-state index in [4.69, 9.17) is 15.7 Å². The fraction of sp³-hybridized carbons (Fsp3) is 0.0435. The number of nitrogens with zero attached hydrogens (tertiary/aromatic N) is 2. The summed E-state index contributed by atoms with van der Waals surface area (Å²) >= 11 is 0. The molecule has 0 saturated carbocycles. The van der Waals surface area contributed by atoms with Crippen molar-refractivity contribution in [3.05, 3.63) is 78.4 Å². The van der Waals surface area contributed by atoms with Crippen molar-refractivity contribution in [2.45, 2.75) is 6.92 Å². The summed E-state index contributed by atoms with van der Waals surface area (Å²) in [5.74, 6) is 0. The number of fused-ring (bicyclic) bond motifs is 4. The zero-order valence-corrected chi connectivity index (χ0v) is 14.4. The first-order valence-electron chi connectivity index (χ1n) is 8.66. The Hall–Kier alpha value is -3.46. The number of hydrogen-bond acceptors (Lipinski definition) is 3. The van der Waals surface area contributed by atoms with E-state index in [0.29, 0.717) is 5.65 Å². The van der Waals surface area contributed by atoms with Crippen LogP contribution in [0.3, 0.4) is 0 Å². The van der Waals surface area contributed by atoms with Crippen LogP contribution in [0.25, 0.3) is 44.0 Å². The Kier molecular flexibility index (Phi) is 3.16. The number of aromatic nitrogens is 2. The van der Waals surface area contributed by atoms with Gasteiger partial charge >= 0.3 is 0 Å². The van der Waals surface area contributed by atoms with E-state index in [-0.39, 0.29) is 0 Å². The molecule has 3 nitrogen and oxygen atoms in total. The molecule has 0 spiro atoms. The predicted octanol–water partition coefficient (Wildman–Crippen LogP) is 5.49. The second-order valence-electron chi connectivity index (χ2n) is 6.59. The Balaban J connectivity index is 1.89. The van der Waals surface area contributed by atoms with Crippen LogP contribution >= 0.6 is 0 Å². The lowest BCUT2D eigenvalue weighted by molar-refractivity contribution is 1.33. The molecule has 5 aromatic rings. The number of aryl methyl sites for hydroxylation is 1. The molecule has 0 bridgehead atoms. The molecule has 0 radical (unpaired) electrons. The maximum Gasteiger partial charge on any atom is 0.162 e. The van der Waals surface area contributed by atoms with Crippen LogP contribution in [0.4, 0.5) is 5.69 Å². The number of hydrogen-bond donors (Lipinski definition) is 1. The maximum absolute atomic E-state index is 6.50. The van der Waals surface area contributed by atoms with E-state index in [0.717, 1.165) is 38.6 Å². The lowest BCUT2D eigenvalue weighted by Crippen LogP contribution is -1.96. The summed E-state index contributed by atoms with van der Waals surface area (Å²) in [7, 11) is 0. The van der Waals surface area contributed by atoms with Crippen molar-refractivity contribution in [2.75, 3.05) is 5.73 Å². The molecule has 0 saturated heterocycles. The van der Waals surface area contributed by atoms with Crippen molar-refractivity contribution >= 4 is 38.4 Å². The number of pyridine rings is 2. The molecule has 2 N–H and O–H groups in total. The van der Waals surface area contributed by atoms with Crippen molar-refractivity contribution in [1.82, 2.24) is 9.97 Å². The second kappa shape index (κ2) is 5.53. The molecule has 0 aliphatic heterocycles. The van der Waals surface area contributed by atoms with E-state index >= 15 is 0 Å². The van der Waals surface area contributed by atoms with Gasteiger partial charge in [0.1, 0.15) is 0 Å². The first-order valence-corrected chi connectivity index (χ1v) is 8.66. The minimum absolute atomic E-state index is 0.687. The Labute approximate surface area is 151 Å². The maximum atomic E-state index is 6.50. The van der Waals surface area contributed by atoms with Crippen LogP contribution in [0.5, 0.6) is 0 Å². The Bertz CT molecular complexity index is 1290. The molecule has 2 heterocycles. The zero-order valence-electron chi connectivity index (χ0n) is 14.4. The van der Waals surface area contributed by atoms with Gasteiger partial charge in [0, 0.05) is 21.7 Å². The quantitative estimate of drug-likeness (QED) is 0.325. The van der Waals surface area contributed by atoms with E-state index < -0.39 is 0 Å². The van der Waals surface area contributed by atoms with Crippen LogP contribution in [0.2, 0.25) is 0 Å². The van der Waals surface area contributed by atoms with Gasteiger partial charge in [-0.05, 0) is 30.0 Å². The fourth-order valence-corrected chi connectivity index (χ4v) is 3.64. The SMILES string of the molecule is Cc1cccc2ccc3c(N)c4ccc(-c5ccccc5)nc4nc3c12. The van der Waals surface area contributed by atoms with Gasteiger partial charge in [0.15, 0.2) is 5.65 Å². The molecule has 0 fully saturated rings. The molecule has 5 rings (SSSR count). The second-order valence-corrected chi connectivity index (χ2v) is 6.59. The van der Waals surface area contributed by atoms with Gasteiger partial charge in [-0.2, -0.15) is 0 Å². The molecular formula is C23H17N3. The van der Waals surface area contributed by atoms with Crippen molar-refractivity contribution < 1.29 is 0 Å². The first kappa shape index (κ1) is 14.8. The van der Waals surface area contributed by atoms with Crippen LogP contribution < -0.4 is 5.73 Å². The highest BCUT2D eigenvalue weighted by Crippen LogP contribution is 2.34. The highest BCUT2D eigenvalue weighted by molar-refractivity contribution is 6.15. The van der Waals surface area contributed by atoms with Crippen LogP contribution in [0.1, 0.15) is 5.56 Å². The average Bonchev–Trinajstić information content (AvgIpc) is 2.68. The monoisotopic (exact) mass is 335 g/mol. The summed E-state index contributed by atoms with van der Waals surface area (Å²) in [6.07, 6.45) is 0. The lowest BCUT2D eigenvalue weighted by Gasteiger charge is -2.11. The standard InChI is InChI=1S/C23H17N3/c1-14-6-5-9-16-10-11-17-21(24)18-12-13-19(15-7-3-2-4-8-15)25-23(18)26-22(17)20(14)16/h2-13H,1H3,(H2,24,25,26). The molecule has 124 valence electrons. The summed E-state index contributed by atoms with van der Waals surface area (Å²) in [6, 6.07) is 24.6. The largest absolute Gasteiger partial charge is 0.398 e. The molecule has 0 aliphatic carbocycles. The van der Waals surface area contributed by atoms with Gasteiger partial charge < -0.3 is 5.73 Å². The number of nitrogens with two attached hydrogens (primary N) is 1. The summed E-state index contributed by atoms with van der Waals surface area (Å²) in [6.45, 7) is 2.11. The minimum Gasteiger partial charge on any atom is -0.398 e. The third-order valence-corrected chi connectivity index (χ3v) is 4.97. The van der Waals surface area contributed by atoms with Gasteiger partial charge in [-0.15, -0.1) is 0 Å². The van der Waals surface area contributed by atoms with Crippen molar-refractivity contribution in [3.8, 4) is 11.3 Å². The van der Waals surface area contributed by atoms with Crippen LogP contribution in [0, 0.1) is 6.92 Å². The Morgan fingerprint density at radius 2 is 1.54 bits per heavy atom. The van der Waals surface area contributed by atoms with Crippen molar-refractivity contribution in [3.63, 3.8) is 0 Å². The van der Waals surface area contributed by atoms with Gasteiger partial charge in [0.05, 0.1) is 16.9 Å². The molecule has 26 heavy (non-hydrogen) atoms. The average molecular weight is 335 g/mol. The molecule has 2 aromatic heterocycles. The third kappa shape index (κ3) is 2.14. The van der Waals surface area contributed by atoms with Crippen LogP contribution in [-0.2, 0) is 0 Å². The molecular weight excluding hydrogens is 318 g/mol. The third-order valence-electron chi connectivity index (χ3n) is 4.97. The van der Waals surface area contributed by atoms with Crippen LogP contribution in [0.15, 0.2) is 72.8 Å². The predicted molar refractivity (Wildman–Crippen MR) is 109 cm³/mol. The normalized spacial score (nSPS) is 11.4. The zero-order chi connectivity index (χ0) is 17.7. The molecule has 3 aromatic carbocycles. The van der Waals surface area contributed by atoms with Crippen molar-refractivity contribution in [2.24, 2.45) is 0 Å². The highest BCUT2D eigenvalue weighted by atomic mass is 14.9. The number of benzene rings is 3. The number of anilines is 1. The fourth-order valence-electron chi connectivity index (χ4n) is 3.64. The van der Waals surface area contributed by atoms with E-state index in [1.54, 1.807) is 0 Å². The van der Waals surface area contributed by atoms with Gasteiger partial charge in [0.25, 0.3) is 0 Å². The van der Waals surface area contributed by atoms with E-state index in [9.17, 15) is 0 Å². The van der Waals surface area contributed by atoms with Crippen LogP contribution in [-0.4, -0.2) is 9.97 Å². The highest BCUT2D eigenvalue weighted by Gasteiger charge is 2.12. The van der Waals surface area contributed by atoms with E-state index in [2.05, 4.69) is 49.4 Å². The molecule has 0 aliphatic rings. The smallest absolute Gasteiger partial charge is 0.162 e. The Morgan fingerprint density at radius 3 is 2.38 bits per heavy atom. The first-order chi connectivity index (χ1) is 12.7.